The van der Waals surface area contributed by atoms with Gasteiger partial charge in [-0.15, -0.1) is 0 Å². The molecule has 1 atom stereocenters. The van der Waals surface area contributed by atoms with Crippen LogP contribution in [0.25, 0.3) is 0 Å². The number of rotatable bonds is 5. The molecule has 0 aliphatic heterocycles. The quantitative estimate of drug-likeness (QED) is 0.889. The monoisotopic (exact) mass is 340 g/mol. The number of likely N-dealkylation sites (N-methyl/N-ethyl adjacent to an activating group) is 1. The van der Waals surface area contributed by atoms with Gasteiger partial charge in [0.05, 0.1) is 0 Å². The molecule has 0 aliphatic carbocycles. The summed E-state index contributed by atoms with van der Waals surface area (Å²) >= 11 is 3.31. The standard InChI is InChI=1S/C15H15BrF2N2/c1-2-19-14(8-11-7-6-10(16)9-20-11)15-12(17)4-3-5-13(15)18/h3-7,9,14,19H,2,8H2,1H3. The summed E-state index contributed by atoms with van der Waals surface area (Å²) in [6, 6.07) is 7.19. The van der Waals surface area contributed by atoms with Crippen molar-refractivity contribution in [3.8, 4) is 0 Å². The number of hydrogen-bond acceptors (Lipinski definition) is 2. The van der Waals surface area contributed by atoms with Crippen LogP contribution >= 0.6 is 15.9 Å². The van der Waals surface area contributed by atoms with Gasteiger partial charge in [0.2, 0.25) is 0 Å². The van der Waals surface area contributed by atoms with E-state index in [1.54, 1.807) is 6.20 Å². The number of benzene rings is 1. The maximum Gasteiger partial charge on any atom is 0.130 e. The number of aromatic nitrogens is 1. The summed E-state index contributed by atoms with van der Waals surface area (Å²) in [5.41, 5.74) is 0.848. The third kappa shape index (κ3) is 3.61. The molecule has 0 saturated carbocycles. The number of nitrogens with one attached hydrogen (secondary N) is 1. The van der Waals surface area contributed by atoms with E-state index in [4.69, 9.17) is 0 Å². The zero-order chi connectivity index (χ0) is 14.5. The van der Waals surface area contributed by atoms with Gasteiger partial charge in [0, 0.05) is 34.4 Å². The summed E-state index contributed by atoms with van der Waals surface area (Å²) in [7, 11) is 0. The van der Waals surface area contributed by atoms with Gasteiger partial charge in [-0.1, -0.05) is 13.0 Å². The van der Waals surface area contributed by atoms with Crippen LogP contribution in [0.5, 0.6) is 0 Å². The molecule has 1 aromatic carbocycles. The first-order valence-corrected chi connectivity index (χ1v) is 7.18. The number of nitrogens with zero attached hydrogens (tertiary/aromatic N) is 1. The van der Waals surface area contributed by atoms with Crippen molar-refractivity contribution in [2.45, 2.75) is 19.4 Å². The van der Waals surface area contributed by atoms with Crippen LogP contribution in [0.1, 0.15) is 24.2 Å². The smallest absolute Gasteiger partial charge is 0.130 e. The lowest BCUT2D eigenvalue weighted by Crippen LogP contribution is -2.25. The van der Waals surface area contributed by atoms with E-state index in [0.29, 0.717) is 13.0 Å². The third-order valence-corrected chi connectivity index (χ3v) is 3.47. The van der Waals surface area contributed by atoms with Crippen molar-refractivity contribution in [1.82, 2.24) is 10.3 Å². The van der Waals surface area contributed by atoms with Crippen LogP contribution in [0.2, 0.25) is 0 Å². The Morgan fingerprint density at radius 2 is 1.90 bits per heavy atom. The lowest BCUT2D eigenvalue weighted by atomic mass is 10.0. The van der Waals surface area contributed by atoms with Gasteiger partial charge in [-0.05, 0) is 46.7 Å². The third-order valence-electron chi connectivity index (χ3n) is 3.00. The highest BCUT2D eigenvalue weighted by Crippen LogP contribution is 2.24. The Morgan fingerprint density at radius 1 is 1.20 bits per heavy atom. The van der Waals surface area contributed by atoms with Gasteiger partial charge in [0.15, 0.2) is 0 Å². The highest BCUT2D eigenvalue weighted by molar-refractivity contribution is 9.10. The van der Waals surface area contributed by atoms with Crippen molar-refractivity contribution in [2.75, 3.05) is 6.54 Å². The Morgan fingerprint density at radius 3 is 2.45 bits per heavy atom. The number of hydrogen-bond donors (Lipinski definition) is 1. The minimum Gasteiger partial charge on any atom is -0.310 e. The second kappa shape index (κ2) is 6.90. The van der Waals surface area contributed by atoms with Gasteiger partial charge >= 0.3 is 0 Å². The Hall–Kier alpha value is -1.33. The molecular weight excluding hydrogens is 326 g/mol. The summed E-state index contributed by atoms with van der Waals surface area (Å²) in [5.74, 6) is -1.07. The van der Waals surface area contributed by atoms with E-state index in [-0.39, 0.29) is 5.56 Å². The molecule has 0 bridgehead atoms. The number of pyridine rings is 1. The van der Waals surface area contributed by atoms with Crippen LogP contribution in [-0.2, 0) is 6.42 Å². The fourth-order valence-corrected chi connectivity index (χ4v) is 2.34. The van der Waals surface area contributed by atoms with Gasteiger partial charge in [0.25, 0.3) is 0 Å². The SMILES string of the molecule is CCNC(Cc1ccc(Br)cn1)c1c(F)cccc1F. The molecule has 2 aromatic rings. The first-order valence-electron chi connectivity index (χ1n) is 6.39. The summed E-state index contributed by atoms with van der Waals surface area (Å²) in [5, 5.41) is 3.11. The highest BCUT2D eigenvalue weighted by Gasteiger charge is 2.20. The predicted molar refractivity (Wildman–Crippen MR) is 78.4 cm³/mol. The first-order chi connectivity index (χ1) is 9.61. The van der Waals surface area contributed by atoms with Gasteiger partial charge in [-0.3, -0.25) is 4.98 Å². The van der Waals surface area contributed by atoms with Crippen molar-refractivity contribution in [3.63, 3.8) is 0 Å². The molecule has 2 nitrogen and oxygen atoms in total. The Kier molecular flexibility index (Phi) is 5.20. The van der Waals surface area contributed by atoms with Crippen LogP contribution in [0.4, 0.5) is 8.78 Å². The van der Waals surface area contributed by atoms with E-state index in [1.807, 2.05) is 19.1 Å². The van der Waals surface area contributed by atoms with E-state index in [9.17, 15) is 8.78 Å². The molecule has 1 N–H and O–H groups in total. The van der Waals surface area contributed by atoms with Crippen molar-refractivity contribution in [2.24, 2.45) is 0 Å². The van der Waals surface area contributed by atoms with Crippen LogP contribution in [0.15, 0.2) is 41.0 Å². The van der Waals surface area contributed by atoms with Crippen molar-refractivity contribution in [3.05, 3.63) is 63.9 Å². The summed E-state index contributed by atoms with van der Waals surface area (Å²) in [6.45, 7) is 2.52. The molecule has 5 heteroatoms. The Balaban J connectivity index is 2.29. The van der Waals surface area contributed by atoms with Crippen molar-refractivity contribution in [1.29, 1.82) is 0 Å². The van der Waals surface area contributed by atoms with Gasteiger partial charge < -0.3 is 5.32 Å². The molecule has 0 saturated heterocycles. The van der Waals surface area contributed by atoms with Crippen molar-refractivity contribution >= 4 is 15.9 Å². The van der Waals surface area contributed by atoms with E-state index < -0.39 is 17.7 Å². The zero-order valence-electron chi connectivity index (χ0n) is 11.0. The van der Waals surface area contributed by atoms with Gasteiger partial charge in [-0.25, -0.2) is 8.78 Å². The summed E-state index contributed by atoms with van der Waals surface area (Å²) in [6.07, 6.45) is 2.11. The normalized spacial score (nSPS) is 12.4. The lowest BCUT2D eigenvalue weighted by Gasteiger charge is -2.19. The van der Waals surface area contributed by atoms with E-state index in [0.717, 1.165) is 10.2 Å². The molecule has 1 aromatic heterocycles. The van der Waals surface area contributed by atoms with E-state index >= 15 is 0 Å². The maximum absolute atomic E-state index is 13.9. The molecule has 1 unspecified atom stereocenters. The van der Waals surface area contributed by atoms with Crippen LogP contribution in [0.3, 0.4) is 0 Å². The lowest BCUT2D eigenvalue weighted by molar-refractivity contribution is 0.470. The molecule has 0 aliphatic rings. The molecule has 1 heterocycles. The average molecular weight is 341 g/mol. The van der Waals surface area contributed by atoms with E-state index in [1.165, 1.54) is 18.2 Å². The molecule has 0 fully saturated rings. The topological polar surface area (TPSA) is 24.9 Å². The fourth-order valence-electron chi connectivity index (χ4n) is 2.10. The minimum atomic E-state index is -0.534. The molecule has 0 radical (unpaired) electrons. The molecule has 2 rings (SSSR count). The van der Waals surface area contributed by atoms with Crippen LogP contribution in [0, 0.1) is 11.6 Å². The Bertz CT molecular complexity index is 552. The average Bonchev–Trinajstić information content (AvgIpc) is 2.41. The van der Waals surface area contributed by atoms with Crippen LogP contribution < -0.4 is 5.32 Å². The Labute approximate surface area is 125 Å². The second-order valence-electron chi connectivity index (χ2n) is 4.42. The molecular formula is C15H15BrF2N2. The largest absolute Gasteiger partial charge is 0.310 e. The molecule has 0 amide bonds. The first kappa shape index (κ1) is 15.1. The summed E-state index contributed by atoms with van der Waals surface area (Å²) < 4.78 is 28.6. The molecule has 20 heavy (non-hydrogen) atoms. The summed E-state index contributed by atoms with van der Waals surface area (Å²) in [4.78, 5) is 4.25. The minimum absolute atomic E-state index is 0.0686. The van der Waals surface area contributed by atoms with Crippen LogP contribution in [-0.4, -0.2) is 11.5 Å². The predicted octanol–water partition coefficient (Wildman–Crippen LogP) is 4.02. The van der Waals surface area contributed by atoms with E-state index in [2.05, 4.69) is 26.2 Å². The molecule has 0 spiro atoms. The fraction of sp³-hybridized carbons (Fsp3) is 0.267. The second-order valence-corrected chi connectivity index (χ2v) is 5.33. The highest BCUT2D eigenvalue weighted by atomic mass is 79.9. The zero-order valence-corrected chi connectivity index (χ0v) is 12.6. The van der Waals surface area contributed by atoms with Crippen molar-refractivity contribution < 1.29 is 8.78 Å². The number of halogens is 3. The molecule has 106 valence electrons. The van der Waals surface area contributed by atoms with Gasteiger partial charge in [0.1, 0.15) is 11.6 Å². The maximum atomic E-state index is 13.9. The van der Waals surface area contributed by atoms with Gasteiger partial charge in [-0.2, -0.15) is 0 Å².